The van der Waals surface area contributed by atoms with Gasteiger partial charge in [-0.05, 0) is 82.3 Å². The minimum Gasteiger partial charge on any atom is -0.490 e. The van der Waals surface area contributed by atoms with Crippen molar-refractivity contribution in [2.24, 2.45) is 11.1 Å². The second-order valence-electron chi connectivity index (χ2n) is 13.2. The second kappa shape index (κ2) is 20.3. The smallest absolute Gasteiger partial charge is 0.271 e. The summed E-state index contributed by atoms with van der Waals surface area (Å²) >= 11 is 0. The third kappa shape index (κ3) is 15.7. The SMILES string of the molecule is CCCCc1nnc(C(=O)NC[C@H]2CCN(C)C[C@H]2F)cc1-c1ccc(OC2CCCCC2)cc1.COCCS(N)(F)(F)(F)CCOC.Cl.Cl. The van der Waals surface area contributed by atoms with E-state index in [1.807, 2.05) is 42.3 Å². The minimum absolute atomic E-state index is 0. The Morgan fingerprint density at radius 1 is 1.00 bits per heavy atom. The van der Waals surface area contributed by atoms with E-state index in [0.29, 0.717) is 19.2 Å². The fourth-order valence-electron chi connectivity index (χ4n) is 5.72. The van der Waals surface area contributed by atoms with Gasteiger partial charge in [0.2, 0.25) is 0 Å². The molecule has 1 aliphatic heterocycles. The standard InChI is InChI=1S/C28H39FN4O2.C6H16F3NO2S.2ClH/c1-3-4-10-26-24(20-11-13-23(14-12-20)35-22-8-6-5-7-9-22)17-27(32-31-26)28(34)30-18-21-15-16-33(2)19-25(21)29;1-11-3-5-13(7,8,9,10)6-4-12-2;;/h11-14,17,21-22,25H,3-10,15-16,18-19H2,1-2H3,(H,30,34);3-6,10H2,1-2H3;2*1H/t21-,25-;;;/m1.../s1. The van der Waals surface area contributed by atoms with E-state index in [-0.39, 0.29) is 42.3 Å². The fraction of sp³-hybridized carbons (Fsp3) is 0.676. The summed E-state index contributed by atoms with van der Waals surface area (Å²) in [4.78, 5) is 14.9. The van der Waals surface area contributed by atoms with Gasteiger partial charge >= 0.3 is 0 Å². The number of benzene rings is 1. The number of likely N-dealkylation sites (tertiary alicyclic amines) is 1. The van der Waals surface area contributed by atoms with E-state index in [9.17, 15) is 20.8 Å². The molecular formula is C34H57Cl2F4N5O4S. The molecule has 2 fully saturated rings. The topological polar surface area (TPSA) is 112 Å². The van der Waals surface area contributed by atoms with Crippen LogP contribution in [0.4, 0.5) is 16.0 Å². The molecule has 1 saturated heterocycles. The number of methoxy groups -OCH3 is 2. The number of nitrogens with two attached hydrogens (primary N) is 1. The van der Waals surface area contributed by atoms with Crippen molar-refractivity contribution in [3.05, 3.63) is 41.7 Å². The number of alkyl halides is 1. The molecule has 1 amide bonds. The Hall–Kier alpha value is -1.94. The maximum Gasteiger partial charge on any atom is 0.271 e. The summed E-state index contributed by atoms with van der Waals surface area (Å²) in [7, 11) is -2.54. The van der Waals surface area contributed by atoms with Crippen molar-refractivity contribution in [3.8, 4) is 16.9 Å². The van der Waals surface area contributed by atoms with Crippen molar-refractivity contribution in [1.82, 2.24) is 20.4 Å². The number of aryl methyl sites for hydroxylation is 1. The van der Waals surface area contributed by atoms with Crippen LogP contribution in [0.5, 0.6) is 5.75 Å². The van der Waals surface area contributed by atoms with Gasteiger partial charge in [0.1, 0.15) is 11.9 Å². The molecule has 4 rings (SSSR count). The van der Waals surface area contributed by atoms with Gasteiger partial charge < -0.3 is 24.4 Å². The molecule has 1 aromatic heterocycles. The molecule has 0 radical (unpaired) electrons. The van der Waals surface area contributed by atoms with Gasteiger partial charge in [0.25, 0.3) is 5.91 Å². The number of aromatic nitrogens is 2. The number of amides is 1. The lowest BCUT2D eigenvalue weighted by molar-refractivity contribution is 0.0850. The largest absolute Gasteiger partial charge is 0.490 e. The maximum absolute atomic E-state index is 14.4. The van der Waals surface area contributed by atoms with Crippen LogP contribution in [0.1, 0.15) is 74.5 Å². The number of hydrogen-bond acceptors (Lipinski definition) is 8. The number of nitrogens with zero attached hydrogens (tertiary/aromatic N) is 3. The normalized spacial score (nSPS) is 19.8. The van der Waals surface area contributed by atoms with Gasteiger partial charge in [-0.3, -0.25) is 4.79 Å². The molecule has 2 aromatic rings. The van der Waals surface area contributed by atoms with Gasteiger partial charge in [-0.25, -0.2) is 9.53 Å². The van der Waals surface area contributed by atoms with E-state index in [4.69, 9.17) is 4.74 Å². The Morgan fingerprint density at radius 3 is 2.18 bits per heavy atom. The molecule has 1 aliphatic carbocycles. The molecule has 0 unspecified atom stereocenters. The molecule has 0 bridgehead atoms. The summed E-state index contributed by atoms with van der Waals surface area (Å²) in [6.07, 6.45) is 9.00. The Bertz CT molecular complexity index is 1290. The highest BCUT2D eigenvalue weighted by Crippen LogP contribution is 2.87. The number of ether oxygens (including phenoxy) is 3. The van der Waals surface area contributed by atoms with Crippen LogP contribution < -0.4 is 15.2 Å². The third-order valence-electron chi connectivity index (χ3n) is 8.86. The number of piperidine rings is 1. The molecule has 2 aliphatic rings. The van der Waals surface area contributed by atoms with Crippen molar-refractivity contribution in [3.63, 3.8) is 0 Å². The molecule has 290 valence electrons. The summed E-state index contributed by atoms with van der Waals surface area (Å²) in [6, 6.07) is 9.92. The predicted octanol–water partition coefficient (Wildman–Crippen LogP) is 7.74. The molecule has 50 heavy (non-hydrogen) atoms. The zero-order valence-electron chi connectivity index (χ0n) is 29.7. The number of hydrogen-bond donors (Lipinski definition) is 2. The Balaban J connectivity index is 0.000000714. The molecule has 1 saturated carbocycles. The molecule has 3 N–H and O–H groups in total. The first-order valence-corrected chi connectivity index (χ1v) is 19.5. The summed E-state index contributed by atoms with van der Waals surface area (Å²) in [5.41, 5.74) is 3.08. The van der Waals surface area contributed by atoms with Crippen molar-refractivity contribution >= 4 is 40.4 Å². The highest BCUT2D eigenvalue weighted by atomic mass is 35.5. The van der Waals surface area contributed by atoms with Crippen LogP contribution in [-0.2, 0) is 15.9 Å². The van der Waals surface area contributed by atoms with E-state index >= 15 is 0 Å². The van der Waals surface area contributed by atoms with Gasteiger partial charge in [-0.15, -0.1) is 41.6 Å². The van der Waals surface area contributed by atoms with Crippen LogP contribution >= 0.6 is 34.5 Å². The van der Waals surface area contributed by atoms with Crippen LogP contribution in [0.2, 0.25) is 0 Å². The number of carbonyl (C=O) groups is 1. The lowest BCUT2D eigenvalue weighted by Crippen LogP contribution is -2.44. The molecular weight excluding hydrogens is 721 g/mol. The summed E-state index contributed by atoms with van der Waals surface area (Å²) in [5.74, 6) is -1.72. The van der Waals surface area contributed by atoms with Crippen molar-refractivity contribution in [2.45, 2.75) is 77.0 Å². The first-order valence-electron chi connectivity index (χ1n) is 16.9. The lowest BCUT2D eigenvalue weighted by Gasteiger charge is -2.54. The Kier molecular flexibility index (Phi) is 18.7. The fourth-order valence-corrected chi connectivity index (χ4v) is 7.06. The van der Waals surface area contributed by atoms with Crippen molar-refractivity contribution < 1.29 is 35.1 Å². The van der Waals surface area contributed by atoms with Gasteiger partial charge in [-0.2, -0.15) is 5.10 Å². The third-order valence-corrected chi connectivity index (χ3v) is 11.2. The highest BCUT2D eigenvalue weighted by Gasteiger charge is 2.56. The summed E-state index contributed by atoms with van der Waals surface area (Å²) < 4.78 is 69.0. The first-order chi connectivity index (χ1) is 22.7. The van der Waals surface area contributed by atoms with Crippen LogP contribution in [0, 0.1) is 5.92 Å². The van der Waals surface area contributed by atoms with Crippen molar-refractivity contribution in [1.29, 1.82) is 0 Å². The summed E-state index contributed by atoms with van der Waals surface area (Å²) in [5, 5.41) is 16.1. The zero-order chi connectivity index (χ0) is 35.3. The quantitative estimate of drug-likeness (QED) is 0.177. The monoisotopic (exact) mass is 777 g/mol. The average Bonchev–Trinajstić information content (AvgIpc) is 3.06. The Morgan fingerprint density at radius 2 is 1.62 bits per heavy atom. The van der Waals surface area contributed by atoms with Gasteiger partial charge in [-0.1, -0.05) is 31.9 Å². The van der Waals surface area contributed by atoms with Crippen LogP contribution in [0.25, 0.3) is 11.1 Å². The molecule has 16 heteroatoms. The Labute approximate surface area is 307 Å². The van der Waals surface area contributed by atoms with Gasteiger partial charge in [0, 0.05) is 38.8 Å². The van der Waals surface area contributed by atoms with Crippen LogP contribution in [0.3, 0.4) is 0 Å². The van der Waals surface area contributed by atoms with E-state index in [2.05, 4.69) is 37.1 Å². The van der Waals surface area contributed by atoms with Gasteiger partial charge in [0.15, 0.2) is 5.69 Å². The number of unbranched alkanes of at least 4 members (excludes halogenated alkanes) is 1. The van der Waals surface area contributed by atoms with E-state index in [0.717, 1.165) is 67.6 Å². The predicted molar refractivity (Wildman–Crippen MR) is 199 cm³/mol. The summed E-state index contributed by atoms with van der Waals surface area (Å²) in [6.45, 7) is 2.92. The molecule has 2 heterocycles. The van der Waals surface area contributed by atoms with E-state index < -0.39 is 40.5 Å². The first kappa shape index (κ1) is 46.1. The van der Waals surface area contributed by atoms with Crippen molar-refractivity contribution in [2.75, 3.05) is 65.6 Å². The average molecular weight is 779 g/mol. The number of halogens is 6. The highest BCUT2D eigenvalue weighted by molar-refractivity contribution is 8.52. The van der Waals surface area contributed by atoms with E-state index in [1.54, 1.807) is 0 Å². The maximum atomic E-state index is 14.4. The zero-order valence-corrected chi connectivity index (χ0v) is 32.2. The molecule has 2 atom stereocenters. The second-order valence-corrected chi connectivity index (χ2v) is 17.2. The molecule has 1 aromatic carbocycles. The van der Waals surface area contributed by atoms with Crippen LogP contribution in [-0.4, -0.2) is 98.9 Å². The molecule has 0 spiro atoms. The molecule has 9 nitrogen and oxygen atoms in total. The number of carbonyl (C=O) groups excluding carboxylic acids is 1. The number of rotatable bonds is 15. The lowest BCUT2D eigenvalue weighted by atomic mass is 9.95. The van der Waals surface area contributed by atoms with E-state index in [1.165, 1.54) is 33.5 Å². The number of nitrogens with one attached hydrogen (secondary N) is 1. The van der Waals surface area contributed by atoms with Gasteiger partial charge in [0.05, 0.1) is 46.2 Å². The minimum atomic E-state index is -6.89. The van der Waals surface area contributed by atoms with Crippen LogP contribution in [0.15, 0.2) is 30.3 Å².